The highest BCUT2D eigenvalue weighted by atomic mass is 32.2. The zero-order valence-electron chi connectivity index (χ0n) is 14.3. The summed E-state index contributed by atoms with van der Waals surface area (Å²) in [7, 11) is -3.19. The van der Waals surface area contributed by atoms with Gasteiger partial charge in [-0.3, -0.25) is 4.79 Å². The fourth-order valence-corrected chi connectivity index (χ4v) is 4.45. The molecule has 1 aliphatic heterocycles. The number of piperidine rings is 1. The number of carbonyl (C=O) groups excluding carboxylic acids is 1. The molecule has 1 aromatic heterocycles. The van der Waals surface area contributed by atoms with Crippen molar-refractivity contribution in [3.05, 3.63) is 24.3 Å². The molecule has 0 saturated carbocycles. The van der Waals surface area contributed by atoms with Crippen LogP contribution in [0.5, 0.6) is 0 Å². The Balaban J connectivity index is 1.50. The summed E-state index contributed by atoms with van der Waals surface area (Å²) in [6.07, 6.45) is 4.63. The van der Waals surface area contributed by atoms with Crippen molar-refractivity contribution in [3.63, 3.8) is 0 Å². The Morgan fingerprint density at radius 1 is 1.24 bits per heavy atom. The Bertz CT molecular complexity index is 815. The quantitative estimate of drug-likeness (QED) is 0.815. The smallest absolute Gasteiger partial charge is 0.243 e. The van der Waals surface area contributed by atoms with Crippen molar-refractivity contribution in [2.24, 2.45) is 0 Å². The number of nitrogens with one attached hydrogen (secondary N) is 1. The lowest BCUT2D eigenvalue weighted by molar-refractivity contribution is -0.122. The zero-order chi connectivity index (χ0) is 17.9. The van der Waals surface area contributed by atoms with Gasteiger partial charge in [-0.15, -0.1) is 0 Å². The van der Waals surface area contributed by atoms with Crippen LogP contribution in [0.15, 0.2) is 24.3 Å². The third kappa shape index (κ3) is 4.55. The van der Waals surface area contributed by atoms with E-state index in [9.17, 15) is 13.2 Å². The summed E-state index contributed by atoms with van der Waals surface area (Å²) in [5, 5.41) is 11.3. The largest absolute Gasteiger partial charge is 0.354 e. The van der Waals surface area contributed by atoms with Gasteiger partial charge in [0.25, 0.3) is 0 Å². The Labute approximate surface area is 147 Å². The lowest BCUT2D eigenvalue weighted by Crippen LogP contribution is -2.44. The first-order chi connectivity index (χ1) is 11.9. The molecule has 1 atom stereocenters. The second-order valence-corrected chi connectivity index (χ2v) is 8.32. The van der Waals surface area contributed by atoms with Gasteiger partial charge in [-0.05, 0) is 31.4 Å². The van der Waals surface area contributed by atoms with Gasteiger partial charge >= 0.3 is 0 Å². The van der Waals surface area contributed by atoms with E-state index in [1.807, 2.05) is 24.3 Å². The van der Waals surface area contributed by atoms with Crippen LogP contribution in [-0.4, -0.2) is 59.0 Å². The maximum atomic E-state index is 12.1. The molecule has 1 aliphatic rings. The lowest BCUT2D eigenvalue weighted by Gasteiger charge is -2.33. The van der Waals surface area contributed by atoms with E-state index in [-0.39, 0.29) is 18.5 Å². The summed E-state index contributed by atoms with van der Waals surface area (Å²) in [5.74, 6) is -0.179. The molecule has 9 heteroatoms. The monoisotopic (exact) mass is 365 g/mol. The molecule has 0 unspecified atom stereocenters. The average Bonchev–Trinajstić information content (AvgIpc) is 2.96. The summed E-state index contributed by atoms with van der Waals surface area (Å²) >= 11 is 0. The van der Waals surface area contributed by atoms with Crippen molar-refractivity contribution in [2.75, 3.05) is 19.3 Å². The fraction of sp³-hybridized carbons (Fsp3) is 0.562. The van der Waals surface area contributed by atoms with E-state index in [1.165, 1.54) is 11.1 Å². The minimum atomic E-state index is -3.19. The Morgan fingerprint density at radius 3 is 2.56 bits per heavy atom. The Morgan fingerprint density at radius 2 is 1.92 bits per heavy atom. The van der Waals surface area contributed by atoms with Crippen LogP contribution in [-0.2, 0) is 21.4 Å². The van der Waals surface area contributed by atoms with Crippen LogP contribution < -0.4 is 5.32 Å². The Kier molecular flexibility index (Phi) is 5.33. The predicted octanol–water partition coefficient (Wildman–Crippen LogP) is 0.752. The van der Waals surface area contributed by atoms with Crippen LogP contribution in [0.25, 0.3) is 11.0 Å². The standard InChI is InChI=1S/C16H23N5O3S/c1-25(23,24)20-11-5-4-6-13(20)9-10-17-16(22)12-21-18-14-7-2-3-8-15(14)19-21/h2-3,7-8,13H,4-6,9-12H2,1H3,(H,17,22)/t13-/m1/s1. The van der Waals surface area contributed by atoms with Crippen molar-refractivity contribution in [1.82, 2.24) is 24.6 Å². The molecule has 1 aromatic carbocycles. The Hall–Kier alpha value is -2.00. The predicted molar refractivity (Wildman–Crippen MR) is 94.3 cm³/mol. The molecule has 8 nitrogen and oxygen atoms in total. The number of amides is 1. The van der Waals surface area contributed by atoms with Gasteiger partial charge in [0, 0.05) is 19.1 Å². The molecule has 2 heterocycles. The molecule has 3 rings (SSSR count). The highest BCUT2D eigenvalue weighted by molar-refractivity contribution is 7.88. The van der Waals surface area contributed by atoms with Crippen molar-refractivity contribution in [1.29, 1.82) is 0 Å². The summed E-state index contributed by atoms with van der Waals surface area (Å²) in [6.45, 7) is 1.06. The SMILES string of the molecule is CS(=O)(=O)N1CCCC[C@@H]1CCNC(=O)Cn1nc2ccccc2n1. The lowest BCUT2D eigenvalue weighted by atomic mass is 10.0. The van der Waals surface area contributed by atoms with Gasteiger partial charge in [0.05, 0.1) is 6.26 Å². The molecule has 25 heavy (non-hydrogen) atoms. The first kappa shape index (κ1) is 17.8. The molecular formula is C16H23N5O3S. The molecule has 2 aromatic rings. The highest BCUT2D eigenvalue weighted by Gasteiger charge is 2.28. The van der Waals surface area contributed by atoms with Crippen LogP contribution in [0.3, 0.4) is 0 Å². The number of sulfonamides is 1. The van der Waals surface area contributed by atoms with Gasteiger partial charge in [-0.1, -0.05) is 18.6 Å². The third-order valence-electron chi connectivity index (χ3n) is 4.41. The zero-order valence-corrected chi connectivity index (χ0v) is 15.1. The minimum absolute atomic E-state index is 0.0329. The number of nitrogens with zero attached hydrogens (tertiary/aromatic N) is 4. The summed E-state index contributed by atoms with van der Waals surface area (Å²) < 4.78 is 25.2. The van der Waals surface area contributed by atoms with Crippen LogP contribution in [0.2, 0.25) is 0 Å². The third-order valence-corrected chi connectivity index (χ3v) is 5.74. The molecular weight excluding hydrogens is 342 g/mol. The fourth-order valence-electron chi connectivity index (χ4n) is 3.24. The van der Waals surface area contributed by atoms with Crippen molar-refractivity contribution in [2.45, 2.75) is 38.3 Å². The van der Waals surface area contributed by atoms with Crippen LogP contribution in [0, 0.1) is 0 Å². The number of rotatable bonds is 6. The van der Waals surface area contributed by atoms with E-state index in [2.05, 4.69) is 15.5 Å². The molecule has 1 amide bonds. The molecule has 0 bridgehead atoms. The average molecular weight is 365 g/mol. The van der Waals surface area contributed by atoms with Gasteiger partial charge < -0.3 is 5.32 Å². The summed E-state index contributed by atoms with van der Waals surface area (Å²) in [6, 6.07) is 7.41. The highest BCUT2D eigenvalue weighted by Crippen LogP contribution is 2.21. The molecule has 0 radical (unpaired) electrons. The summed E-state index contributed by atoms with van der Waals surface area (Å²) in [5.41, 5.74) is 1.50. The van der Waals surface area contributed by atoms with E-state index in [0.29, 0.717) is 19.5 Å². The van der Waals surface area contributed by atoms with Gasteiger partial charge in [-0.25, -0.2) is 8.42 Å². The number of hydrogen-bond acceptors (Lipinski definition) is 5. The number of aromatic nitrogens is 3. The second kappa shape index (κ2) is 7.49. The number of hydrogen-bond donors (Lipinski definition) is 1. The van der Waals surface area contributed by atoms with E-state index < -0.39 is 10.0 Å². The normalized spacial score (nSPS) is 19.2. The van der Waals surface area contributed by atoms with Crippen molar-refractivity contribution >= 4 is 27.0 Å². The van der Waals surface area contributed by atoms with Gasteiger partial charge in [0.1, 0.15) is 17.6 Å². The second-order valence-electron chi connectivity index (χ2n) is 6.38. The van der Waals surface area contributed by atoms with E-state index in [0.717, 1.165) is 30.3 Å². The first-order valence-electron chi connectivity index (χ1n) is 8.47. The molecule has 0 aliphatic carbocycles. The van der Waals surface area contributed by atoms with E-state index in [4.69, 9.17) is 0 Å². The van der Waals surface area contributed by atoms with Gasteiger partial charge in [0.2, 0.25) is 15.9 Å². The van der Waals surface area contributed by atoms with Crippen LogP contribution in [0.4, 0.5) is 0 Å². The topological polar surface area (TPSA) is 97.2 Å². The molecule has 0 spiro atoms. The van der Waals surface area contributed by atoms with Crippen molar-refractivity contribution < 1.29 is 13.2 Å². The minimum Gasteiger partial charge on any atom is -0.354 e. The number of benzene rings is 1. The van der Waals surface area contributed by atoms with Gasteiger partial charge in [0.15, 0.2) is 0 Å². The first-order valence-corrected chi connectivity index (χ1v) is 10.3. The summed E-state index contributed by atoms with van der Waals surface area (Å²) in [4.78, 5) is 13.4. The van der Waals surface area contributed by atoms with Crippen molar-refractivity contribution in [3.8, 4) is 0 Å². The maximum absolute atomic E-state index is 12.1. The molecule has 1 fully saturated rings. The van der Waals surface area contributed by atoms with Gasteiger partial charge in [-0.2, -0.15) is 19.3 Å². The number of fused-ring (bicyclic) bond motifs is 1. The van der Waals surface area contributed by atoms with Crippen LogP contribution in [0.1, 0.15) is 25.7 Å². The van der Waals surface area contributed by atoms with Crippen LogP contribution >= 0.6 is 0 Å². The van der Waals surface area contributed by atoms with E-state index in [1.54, 1.807) is 4.31 Å². The molecule has 136 valence electrons. The van der Waals surface area contributed by atoms with E-state index >= 15 is 0 Å². The number of carbonyl (C=O) groups is 1. The molecule has 1 saturated heterocycles. The molecule has 1 N–H and O–H groups in total. The maximum Gasteiger partial charge on any atom is 0.243 e.